The van der Waals surface area contributed by atoms with E-state index in [1.165, 1.54) is 11.3 Å². The molecule has 1 aliphatic heterocycles. The van der Waals surface area contributed by atoms with Crippen molar-refractivity contribution in [2.75, 3.05) is 9.91 Å². The molecule has 1 atom stereocenters. The minimum Gasteiger partial charge on any atom is -0.310 e. The average Bonchev–Trinajstić information content (AvgIpc) is 3.15. The molecule has 4 aromatic carbocycles. The van der Waals surface area contributed by atoms with Crippen LogP contribution in [-0.4, -0.2) is 12.3 Å². The third-order valence-corrected chi connectivity index (χ3v) is 5.70. The lowest BCUT2D eigenvalue weighted by Gasteiger charge is -2.27. The molecule has 4 aromatic rings. The van der Waals surface area contributed by atoms with Gasteiger partial charge in [-0.1, -0.05) is 72.8 Å². The maximum Gasteiger partial charge on any atom is 0.0629 e. The zero-order valence-electron chi connectivity index (χ0n) is 17.6. The van der Waals surface area contributed by atoms with Crippen LogP contribution in [0.25, 0.3) is 0 Å². The fraction of sp³-hybridized carbons (Fsp3) is 0.107. The van der Waals surface area contributed by atoms with Crippen LogP contribution in [-0.2, 0) is 6.42 Å². The van der Waals surface area contributed by atoms with Crippen molar-refractivity contribution in [2.45, 2.75) is 19.4 Å². The van der Waals surface area contributed by atoms with Gasteiger partial charge in [-0.2, -0.15) is 5.10 Å². The molecular weight excluding hydrogens is 378 g/mol. The number of rotatable bonds is 5. The van der Waals surface area contributed by atoms with E-state index >= 15 is 0 Å². The second kappa shape index (κ2) is 8.49. The van der Waals surface area contributed by atoms with Crippen LogP contribution in [0.1, 0.15) is 18.1 Å². The summed E-state index contributed by atoms with van der Waals surface area (Å²) in [5, 5.41) is 7.07. The first-order chi connectivity index (χ1) is 15.3. The molecule has 5 rings (SSSR count). The maximum absolute atomic E-state index is 4.93. The zero-order chi connectivity index (χ0) is 21.0. The number of fused-ring (bicyclic) bond motifs is 1. The van der Waals surface area contributed by atoms with Crippen LogP contribution >= 0.6 is 0 Å². The molecule has 0 amide bonds. The summed E-state index contributed by atoms with van der Waals surface area (Å²) < 4.78 is 0. The van der Waals surface area contributed by atoms with Gasteiger partial charge in [0.2, 0.25) is 0 Å². The van der Waals surface area contributed by atoms with Gasteiger partial charge in [-0.05, 0) is 55.3 Å². The summed E-state index contributed by atoms with van der Waals surface area (Å²) in [5.74, 6) is 0. The molecule has 0 bridgehead atoms. The van der Waals surface area contributed by atoms with Gasteiger partial charge in [0.25, 0.3) is 0 Å². The van der Waals surface area contributed by atoms with Crippen molar-refractivity contribution in [2.24, 2.45) is 5.10 Å². The van der Waals surface area contributed by atoms with Crippen molar-refractivity contribution in [3.63, 3.8) is 0 Å². The van der Waals surface area contributed by atoms with Crippen LogP contribution in [0.2, 0.25) is 0 Å². The van der Waals surface area contributed by atoms with Crippen molar-refractivity contribution >= 4 is 29.0 Å². The lowest BCUT2D eigenvalue weighted by Crippen LogP contribution is -2.23. The molecule has 0 N–H and O–H groups in total. The number of hydrogen-bond acceptors (Lipinski definition) is 3. The highest BCUT2D eigenvalue weighted by Gasteiger charge is 2.25. The molecule has 3 nitrogen and oxygen atoms in total. The van der Waals surface area contributed by atoms with Gasteiger partial charge in [0.1, 0.15) is 0 Å². The normalized spacial score (nSPS) is 15.3. The van der Waals surface area contributed by atoms with E-state index in [0.717, 1.165) is 29.0 Å². The molecule has 0 saturated carbocycles. The Hall–Kier alpha value is -3.85. The topological polar surface area (TPSA) is 18.8 Å². The number of para-hydroxylation sites is 4. The van der Waals surface area contributed by atoms with Crippen LogP contribution in [0.4, 0.5) is 22.7 Å². The quantitative estimate of drug-likeness (QED) is 0.336. The van der Waals surface area contributed by atoms with Crippen molar-refractivity contribution in [1.82, 2.24) is 0 Å². The maximum atomic E-state index is 4.93. The third-order valence-electron chi connectivity index (χ3n) is 5.70. The Morgan fingerprint density at radius 2 is 1.32 bits per heavy atom. The highest BCUT2D eigenvalue weighted by Crippen LogP contribution is 2.36. The number of hydrazone groups is 1. The lowest BCUT2D eigenvalue weighted by atomic mass is 10.1. The molecular formula is C28H25N3. The monoisotopic (exact) mass is 403 g/mol. The van der Waals surface area contributed by atoms with Crippen molar-refractivity contribution in [1.29, 1.82) is 0 Å². The van der Waals surface area contributed by atoms with E-state index in [0.29, 0.717) is 6.04 Å². The van der Waals surface area contributed by atoms with E-state index in [2.05, 4.69) is 114 Å². The Morgan fingerprint density at radius 3 is 2.03 bits per heavy atom. The molecule has 1 aliphatic rings. The summed E-state index contributed by atoms with van der Waals surface area (Å²) in [6.45, 7) is 2.23. The van der Waals surface area contributed by atoms with Crippen LogP contribution in [0.5, 0.6) is 0 Å². The number of benzene rings is 4. The first-order valence-electron chi connectivity index (χ1n) is 10.7. The van der Waals surface area contributed by atoms with E-state index in [9.17, 15) is 0 Å². The zero-order valence-corrected chi connectivity index (χ0v) is 17.6. The summed E-state index contributed by atoms with van der Waals surface area (Å²) in [4.78, 5) is 2.28. The summed E-state index contributed by atoms with van der Waals surface area (Å²) in [5.41, 5.74) is 6.97. The van der Waals surface area contributed by atoms with Gasteiger partial charge >= 0.3 is 0 Å². The van der Waals surface area contributed by atoms with E-state index in [1.807, 2.05) is 18.3 Å². The van der Waals surface area contributed by atoms with Crippen LogP contribution in [0.3, 0.4) is 0 Å². The molecule has 31 heavy (non-hydrogen) atoms. The predicted molar refractivity (Wildman–Crippen MR) is 131 cm³/mol. The molecule has 0 aromatic heterocycles. The summed E-state index contributed by atoms with van der Waals surface area (Å²) in [7, 11) is 0. The largest absolute Gasteiger partial charge is 0.310 e. The Labute approximate surface area is 183 Å². The predicted octanol–water partition coefficient (Wildman–Crippen LogP) is 6.94. The van der Waals surface area contributed by atoms with Crippen molar-refractivity contribution in [3.8, 4) is 0 Å². The van der Waals surface area contributed by atoms with Crippen LogP contribution in [0, 0.1) is 0 Å². The molecule has 0 saturated heterocycles. The second-order valence-corrected chi connectivity index (χ2v) is 7.84. The van der Waals surface area contributed by atoms with E-state index in [-0.39, 0.29) is 0 Å². The SMILES string of the molecule is CC1Cc2ccccc2N1/N=C/c1ccccc1N(c1ccccc1)c1ccccc1. The fourth-order valence-corrected chi connectivity index (χ4v) is 4.23. The van der Waals surface area contributed by atoms with Gasteiger partial charge < -0.3 is 4.90 Å². The summed E-state index contributed by atoms with van der Waals surface area (Å²) in [6, 6.07) is 38.3. The van der Waals surface area contributed by atoms with Gasteiger partial charge in [-0.25, -0.2) is 0 Å². The smallest absolute Gasteiger partial charge is 0.0629 e. The lowest BCUT2D eigenvalue weighted by molar-refractivity contribution is 0.700. The highest BCUT2D eigenvalue weighted by atomic mass is 15.5. The van der Waals surface area contributed by atoms with Crippen LogP contribution in [0.15, 0.2) is 114 Å². The summed E-state index contributed by atoms with van der Waals surface area (Å²) >= 11 is 0. The van der Waals surface area contributed by atoms with Gasteiger partial charge in [-0.3, -0.25) is 5.01 Å². The molecule has 0 spiro atoms. The molecule has 3 heteroatoms. The van der Waals surface area contributed by atoms with Crippen LogP contribution < -0.4 is 9.91 Å². The van der Waals surface area contributed by atoms with Gasteiger partial charge in [0.15, 0.2) is 0 Å². The highest BCUT2D eigenvalue weighted by molar-refractivity contribution is 5.93. The first-order valence-corrected chi connectivity index (χ1v) is 10.7. The van der Waals surface area contributed by atoms with Gasteiger partial charge in [-0.15, -0.1) is 0 Å². The Balaban J connectivity index is 1.56. The second-order valence-electron chi connectivity index (χ2n) is 7.84. The van der Waals surface area contributed by atoms with E-state index < -0.39 is 0 Å². The third kappa shape index (κ3) is 3.82. The molecule has 0 aliphatic carbocycles. The molecule has 0 radical (unpaired) electrons. The standard InChI is InChI=1S/C28H25N3/c1-22-20-23-12-8-11-19-28(23)31(22)29-21-24-13-9-10-18-27(24)30(25-14-4-2-5-15-25)26-16-6-3-7-17-26/h2-19,21-22H,20H2,1H3/b29-21+. The number of nitrogens with zero attached hydrogens (tertiary/aromatic N) is 3. The minimum absolute atomic E-state index is 0.347. The van der Waals surface area contributed by atoms with Crippen molar-refractivity contribution < 1.29 is 0 Å². The minimum atomic E-state index is 0.347. The Bertz CT molecular complexity index is 1150. The molecule has 0 fully saturated rings. The molecule has 152 valence electrons. The van der Waals surface area contributed by atoms with E-state index in [1.54, 1.807) is 0 Å². The van der Waals surface area contributed by atoms with E-state index in [4.69, 9.17) is 5.10 Å². The number of hydrogen-bond donors (Lipinski definition) is 0. The first kappa shape index (κ1) is 19.1. The summed E-state index contributed by atoms with van der Waals surface area (Å²) in [6.07, 6.45) is 3.02. The van der Waals surface area contributed by atoms with Gasteiger partial charge in [0, 0.05) is 16.9 Å². The fourth-order valence-electron chi connectivity index (χ4n) is 4.23. The number of anilines is 4. The molecule has 1 heterocycles. The Kier molecular flexibility index (Phi) is 5.24. The van der Waals surface area contributed by atoms with Gasteiger partial charge in [0.05, 0.1) is 23.6 Å². The Morgan fingerprint density at radius 1 is 0.742 bits per heavy atom. The molecule has 1 unspecified atom stereocenters. The average molecular weight is 404 g/mol. The van der Waals surface area contributed by atoms with Crippen molar-refractivity contribution in [3.05, 3.63) is 120 Å².